The summed E-state index contributed by atoms with van der Waals surface area (Å²) in [6.07, 6.45) is 7.28. The lowest BCUT2D eigenvalue weighted by atomic mass is 10.0. The van der Waals surface area contributed by atoms with E-state index in [1.165, 1.54) is 24.8 Å². The van der Waals surface area contributed by atoms with Gasteiger partial charge in [-0.1, -0.05) is 42.0 Å². The number of nitrogens with two attached hydrogens (primary N) is 1. The largest absolute Gasteiger partial charge is 0.356 e. The topological polar surface area (TPSA) is 55.1 Å². The Labute approximate surface area is 114 Å². The van der Waals surface area contributed by atoms with E-state index in [1.807, 2.05) is 30.3 Å². The fraction of sp³-hybridized carbons (Fsp3) is 0.438. The molecular formula is C16H22N2O. The minimum atomic E-state index is -0.216. The molecule has 0 bridgehead atoms. The second-order valence-corrected chi connectivity index (χ2v) is 5.08. The van der Waals surface area contributed by atoms with Crippen LogP contribution in [0.3, 0.4) is 0 Å². The summed E-state index contributed by atoms with van der Waals surface area (Å²) in [5, 5.41) is 2.95. The number of hydrogen-bond acceptors (Lipinski definition) is 2. The van der Waals surface area contributed by atoms with E-state index in [4.69, 9.17) is 5.73 Å². The summed E-state index contributed by atoms with van der Waals surface area (Å²) in [7, 11) is 0. The van der Waals surface area contributed by atoms with Crippen molar-refractivity contribution in [1.29, 1.82) is 0 Å². The lowest BCUT2D eigenvalue weighted by Crippen LogP contribution is -2.28. The monoisotopic (exact) mass is 258 g/mol. The van der Waals surface area contributed by atoms with Crippen molar-refractivity contribution in [2.24, 2.45) is 5.73 Å². The minimum Gasteiger partial charge on any atom is -0.356 e. The third-order valence-electron chi connectivity index (χ3n) is 3.54. The average Bonchev–Trinajstić information content (AvgIpc) is 2.93. The van der Waals surface area contributed by atoms with Crippen molar-refractivity contribution in [3.8, 4) is 0 Å². The number of nitrogens with one attached hydrogen (secondary N) is 1. The van der Waals surface area contributed by atoms with E-state index in [0.717, 1.165) is 18.5 Å². The van der Waals surface area contributed by atoms with Crippen LogP contribution < -0.4 is 11.1 Å². The van der Waals surface area contributed by atoms with E-state index in [9.17, 15) is 4.79 Å². The van der Waals surface area contributed by atoms with Crippen LogP contribution in [0.15, 0.2) is 42.0 Å². The summed E-state index contributed by atoms with van der Waals surface area (Å²) in [5.41, 5.74) is 8.51. The first kappa shape index (κ1) is 13.8. The molecular weight excluding hydrogens is 236 g/mol. The number of amides is 1. The highest BCUT2D eigenvalue weighted by Gasteiger charge is 2.11. The molecule has 0 aliphatic heterocycles. The van der Waals surface area contributed by atoms with Gasteiger partial charge in [0.15, 0.2) is 0 Å². The zero-order valence-electron chi connectivity index (χ0n) is 11.3. The molecule has 1 aromatic rings. The Morgan fingerprint density at radius 2 is 2.11 bits per heavy atom. The van der Waals surface area contributed by atoms with Crippen LogP contribution in [0.4, 0.5) is 0 Å². The Kier molecular flexibility index (Phi) is 5.16. The lowest BCUT2D eigenvalue weighted by molar-refractivity contribution is -0.121. The van der Waals surface area contributed by atoms with Crippen molar-refractivity contribution in [3.63, 3.8) is 0 Å². The zero-order chi connectivity index (χ0) is 13.5. The van der Waals surface area contributed by atoms with Gasteiger partial charge >= 0.3 is 0 Å². The van der Waals surface area contributed by atoms with Gasteiger partial charge in [-0.2, -0.15) is 0 Å². The molecule has 0 saturated carbocycles. The molecule has 1 aliphatic carbocycles. The maximum absolute atomic E-state index is 11.8. The quantitative estimate of drug-likeness (QED) is 0.771. The Bertz CT molecular complexity index is 439. The molecule has 0 heterocycles. The van der Waals surface area contributed by atoms with Crippen molar-refractivity contribution in [2.45, 2.75) is 38.1 Å². The maximum atomic E-state index is 11.8. The van der Waals surface area contributed by atoms with Crippen LogP contribution in [0.1, 0.15) is 43.7 Å². The highest BCUT2D eigenvalue weighted by molar-refractivity contribution is 5.76. The Hall–Kier alpha value is -1.61. The van der Waals surface area contributed by atoms with Gasteiger partial charge in [0.1, 0.15) is 0 Å². The van der Waals surface area contributed by atoms with Gasteiger partial charge < -0.3 is 11.1 Å². The zero-order valence-corrected chi connectivity index (χ0v) is 11.3. The van der Waals surface area contributed by atoms with E-state index in [0.29, 0.717) is 6.42 Å². The summed E-state index contributed by atoms with van der Waals surface area (Å²) in [4.78, 5) is 11.8. The summed E-state index contributed by atoms with van der Waals surface area (Å²) in [5.74, 6) is 0.0370. The highest BCUT2D eigenvalue weighted by Crippen LogP contribution is 2.19. The molecule has 3 N–H and O–H groups in total. The van der Waals surface area contributed by atoms with E-state index in [2.05, 4.69) is 11.4 Å². The first-order chi connectivity index (χ1) is 9.25. The Morgan fingerprint density at radius 1 is 1.32 bits per heavy atom. The number of allylic oxidation sites excluding steroid dienone is 1. The summed E-state index contributed by atoms with van der Waals surface area (Å²) in [6, 6.07) is 9.54. The highest BCUT2D eigenvalue weighted by atomic mass is 16.1. The summed E-state index contributed by atoms with van der Waals surface area (Å²) in [6.45, 7) is 0.728. The Morgan fingerprint density at radius 3 is 2.79 bits per heavy atom. The molecule has 3 nitrogen and oxygen atoms in total. The maximum Gasteiger partial charge on any atom is 0.221 e. The molecule has 1 unspecified atom stereocenters. The molecule has 102 valence electrons. The molecule has 0 saturated heterocycles. The number of rotatable bonds is 6. The molecule has 1 aliphatic rings. The standard InChI is InChI=1S/C16H22N2O/c17-15(14-8-2-1-3-9-14)12-16(19)18-11-10-13-6-4-5-7-13/h1-3,6,8-9,15H,4-5,7,10-12,17H2,(H,18,19). The Balaban J connectivity index is 1.69. The first-order valence-corrected chi connectivity index (χ1v) is 7.01. The molecule has 0 aromatic heterocycles. The second-order valence-electron chi connectivity index (χ2n) is 5.08. The third-order valence-corrected chi connectivity index (χ3v) is 3.54. The van der Waals surface area contributed by atoms with E-state index >= 15 is 0 Å². The molecule has 1 amide bonds. The van der Waals surface area contributed by atoms with Gasteiger partial charge in [-0.25, -0.2) is 0 Å². The number of carbonyl (C=O) groups excluding carboxylic acids is 1. The molecule has 19 heavy (non-hydrogen) atoms. The molecule has 1 aromatic carbocycles. The smallest absolute Gasteiger partial charge is 0.221 e. The molecule has 0 fully saturated rings. The molecule has 3 heteroatoms. The number of benzene rings is 1. The van der Waals surface area contributed by atoms with Gasteiger partial charge in [0.05, 0.1) is 0 Å². The molecule has 0 radical (unpaired) electrons. The fourth-order valence-corrected chi connectivity index (χ4v) is 2.42. The van der Waals surface area contributed by atoms with Gasteiger partial charge in [0.25, 0.3) is 0 Å². The van der Waals surface area contributed by atoms with Crippen LogP contribution in [0.2, 0.25) is 0 Å². The molecule has 0 spiro atoms. The van der Waals surface area contributed by atoms with Crippen molar-refractivity contribution < 1.29 is 4.79 Å². The van der Waals surface area contributed by atoms with Gasteiger partial charge in [0, 0.05) is 19.0 Å². The van der Waals surface area contributed by atoms with E-state index < -0.39 is 0 Å². The van der Waals surface area contributed by atoms with Crippen LogP contribution in [0, 0.1) is 0 Å². The van der Waals surface area contributed by atoms with Crippen molar-refractivity contribution in [2.75, 3.05) is 6.54 Å². The number of carbonyl (C=O) groups is 1. The SMILES string of the molecule is NC(CC(=O)NCCC1=CCCC1)c1ccccc1. The first-order valence-electron chi connectivity index (χ1n) is 7.01. The van der Waals surface area contributed by atoms with Gasteiger partial charge in [-0.05, 0) is 31.2 Å². The second kappa shape index (κ2) is 7.10. The summed E-state index contributed by atoms with van der Waals surface area (Å²) < 4.78 is 0. The van der Waals surface area contributed by atoms with Crippen LogP contribution in [0.25, 0.3) is 0 Å². The average molecular weight is 258 g/mol. The van der Waals surface area contributed by atoms with Crippen molar-refractivity contribution in [1.82, 2.24) is 5.32 Å². The van der Waals surface area contributed by atoms with E-state index in [1.54, 1.807) is 0 Å². The van der Waals surface area contributed by atoms with Crippen LogP contribution in [-0.2, 0) is 4.79 Å². The lowest BCUT2D eigenvalue weighted by Gasteiger charge is -2.12. The normalized spacial score (nSPS) is 15.9. The summed E-state index contributed by atoms with van der Waals surface area (Å²) >= 11 is 0. The number of hydrogen-bond donors (Lipinski definition) is 2. The van der Waals surface area contributed by atoms with Crippen LogP contribution >= 0.6 is 0 Å². The van der Waals surface area contributed by atoms with Crippen LogP contribution in [0.5, 0.6) is 0 Å². The van der Waals surface area contributed by atoms with Gasteiger partial charge in [-0.15, -0.1) is 0 Å². The molecule has 2 rings (SSSR count). The minimum absolute atomic E-state index is 0.0370. The third kappa shape index (κ3) is 4.52. The van der Waals surface area contributed by atoms with Crippen molar-refractivity contribution >= 4 is 5.91 Å². The fourth-order valence-electron chi connectivity index (χ4n) is 2.42. The van der Waals surface area contributed by atoms with E-state index in [-0.39, 0.29) is 11.9 Å². The van der Waals surface area contributed by atoms with Gasteiger partial charge in [-0.3, -0.25) is 4.79 Å². The molecule has 1 atom stereocenters. The van der Waals surface area contributed by atoms with Crippen molar-refractivity contribution in [3.05, 3.63) is 47.5 Å². The predicted molar refractivity (Wildman–Crippen MR) is 77.5 cm³/mol. The van der Waals surface area contributed by atoms with Gasteiger partial charge in [0.2, 0.25) is 5.91 Å². The van der Waals surface area contributed by atoms with Crippen LogP contribution in [-0.4, -0.2) is 12.5 Å². The predicted octanol–water partition coefficient (Wildman–Crippen LogP) is 2.69.